The molecule has 160 valence electrons. The lowest BCUT2D eigenvalue weighted by molar-refractivity contribution is -0.110. The van der Waals surface area contributed by atoms with Gasteiger partial charge in [0.15, 0.2) is 9.84 Å². The molecular formula is C23H23N3O4S. The van der Waals surface area contributed by atoms with Crippen LogP contribution in [0.1, 0.15) is 11.1 Å². The zero-order valence-corrected chi connectivity index (χ0v) is 18.0. The Bertz CT molecular complexity index is 1210. The number of hydrogen-bond donors (Lipinski definition) is 3. The molecule has 0 aliphatic heterocycles. The molecule has 8 heteroatoms. The molecule has 0 atom stereocenters. The smallest absolute Gasteiger partial charge is 0.274 e. The van der Waals surface area contributed by atoms with Crippen molar-refractivity contribution in [1.82, 2.24) is 0 Å². The molecule has 0 aliphatic carbocycles. The number of methoxy groups -OCH3 is 1. The number of nitrogens with one attached hydrogen (secondary N) is 3. The van der Waals surface area contributed by atoms with E-state index in [9.17, 15) is 13.2 Å². The fourth-order valence-corrected chi connectivity index (χ4v) is 3.55. The summed E-state index contributed by atoms with van der Waals surface area (Å²) in [6.07, 6.45) is 1.17. The summed E-state index contributed by atoms with van der Waals surface area (Å²) in [7, 11) is -1.70. The Balaban J connectivity index is 1.71. The highest BCUT2D eigenvalue weighted by atomic mass is 32.2. The van der Waals surface area contributed by atoms with Gasteiger partial charge in [0.1, 0.15) is 11.5 Å². The quantitative estimate of drug-likeness (QED) is 0.466. The Morgan fingerprint density at radius 1 is 1.00 bits per heavy atom. The zero-order chi connectivity index (χ0) is 22.4. The fourth-order valence-electron chi connectivity index (χ4n) is 2.92. The van der Waals surface area contributed by atoms with Gasteiger partial charge in [-0.15, -0.1) is 0 Å². The van der Waals surface area contributed by atoms with E-state index in [1.54, 1.807) is 73.8 Å². The monoisotopic (exact) mass is 437 g/mol. The van der Waals surface area contributed by atoms with Crippen LogP contribution in [0.3, 0.4) is 0 Å². The van der Waals surface area contributed by atoms with Gasteiger partial charge in [-0.2, -0.15) is 0 Å². The number of rotatable bonds is 8. The van der Waals surface area contributed by atoms with Crippen molar-refractivity contribution in [3.05, 3.63) is 83.9 Å². The van der Waals surface area contributed by atoms with Gasteiger partial charge in [-0.05, 0) is 35.9 Å². The molecule has 3 aromatic rings. The first-order chi connectivity index (χ1) is 14.8. The molecule has 0 unspecified atom stereocenters. The molecule has 0 aliphatic rings. The van der Waals surface area contributed by atoms with Gasteiger partial charge >= 0.3 is 0 Å². The summed E-state index contributed by atoms with van der Waals surface area (Å²) in [4.78, 5) is 12.9. The summed E-state index contributed by atoms with van der Waals surface area (Å²) in [6, 6.07) is 20.5. The van der Waals surface area contributed by atoms with Crippen molar-refractivity contribution >= 4 is 32.8 Å². The molecule has 3 aromatic carbocycles. The van der Waals surface area contributed by atoms with Gasteiger partial charge < -0.3 is 15.4 Å². The van der Waals surface area contributed by atoms with Crippen LogP contribution < -0.4 is 15.4 Å². The number of para-hydroxylation sites is 1. The number of anilines is 2. The second kappa shape index (κ2) is 9.44. The second-order valence-corrected chi connectivity index (χ2v) is 8.89. The zero-order valence-electron chi connectivity index (χ0n) is 17.2. The summed E-state index contributed by atoms with van der Waals surface area (Å²) in [5.74, 6) is 0.0632. The van der Waals surface area contributed by atoms with Gasteiger partial charge in [-0.3, -0.25) is 10.2 Å². The van der Waals surface area contributed by atoms with E-state index in [1.165, 1.54) is 6.26 Å². The highest BCUT2D eigenvalue weighted by molar-refractivity contribution is 7.90. The van der Waals surface area contributed by atoms with E-state index >= 15 is 0 Å². The van der Waals surface area contributed by atoms with Gasteiger partial charge in [-0.1, -0.05) is 36.4 Å². The Morgan fingerprint density at radius 2 is 1.71 bits per heavy atom. The molecule has 0 saturated carbocycles. The molecule has 0 bridgehead atoms. The molecule has 0 saturated heterocycles. The van der Waals surface area contributed by atoms with Crippen molar-refractivity contribution in [3.8, 4) is 5.75 Å². The van der Waals surface area contributed by atoms with E-state index in [-0.39, 0.29) is 10.6 Å². The largest absolute Gasteiger partial charge is 0.497 e. The van der Waals surface area contributed by atoms with Crippen LogP contribution in [-0.4, -0.2) is 33.4 Å². The van der Waals surface area contributed by atoms with E-state index in [0.29, 0.717) is 29.2 Å². The Labute approximate surface area is 181 Å². The number of carbonyl (C=O) groups excluding carboxylic acids is 1. The summed E-state index contributed by atoms with van der Waals surface area (Å²) >= 11 is 0. The maximum atomic E-state index is 12.6. The molecule has 0 aromatic heterocycles. The minimum Gasteiger partial charge on any atom is -0.497 e. The highest BCUT2D eigenvalue weighted by Crippen LogP contribution is 2.20. The standard InChI is InChI=1S/C23H23N3O4S/c1-30-18-7-5-6-17(14-18)26-23(27)22(24)20-8-3-4-9-21(20)25-15-16-10-12-19(13-11-16)31(2,28)29/h3-14,24-25H,15H2,1-2H3,(H,26,27). The van der Waals surface area contributed by atoms with Crippen molar-refractivity contribution in [3.63, 3.8) is 0 Å². The molecule has 7 nitrogen and oxygen atoms in total. The number of sulfone groups is 1. The number of ether oxygens (including phenoxy) is 1. The molecule has 0 spiro atoms. The maximum Gasteiger partial charge on any atom is 0.274 e. The van der Waals surface area contributed by atoms with Crippen molar-refractivity contribution in [2.75, 3.05) is 24.0 Å². The van der Waals surface area contributed by atoms with Crippen LogP contribution in [0.4, 0.5) is 11.4 Å². The van der Waals surface area contributed by atoms with Gasteiger partial charge in [0.2, 0.25) is 0 Å². The van der Waals surface area contributed by atoms with E-state index in [4.69, 9.17) is 10.1 Å². The Hall–Kier alpha value is -3.65. The highest BCUT2D eigenvalue weighted by Gasteiger charge is 2.16. The van der Waals surface area contributed by atoms with Crippen LogP contribution in [0.2, 0.25) is 0 Å². The Kier molecular flexibility index (Phi) is 6.71. The van der Waals surface area contributed by atoms with E-state index in [1.807, 2.05) is 6.07 Å². The molecule has 3 N–H and O–H groups in total. The molecule has 0 radical (unpaired) electrons. The van der Waals surface area contributed by atoms with Crippen molar-refractivity contribution in [1.29, 1.82) is 5.41 Å². The number of benzene rings is 3. The minimum absolute atomic E-state index is 0.182. The third-order valence-electron chi connectivity index (χ3n) is 4.59. The SMILES string of the molecule is COc1cccc(NC(=O)C(=N)c2ccccc2NCc2ccc(S(C)(=O)=O)cc2)c1. The van der Waals surface area contributed by atoms with Crippen LogP contribution in [0.5, 0.6) is 5.75 Å². The van der Waals surface area contributed by atoms with Gasteiger partial charge in [0.25, 0.3) is 5.91 Å². The van der Waals surface area contributed by atoms with E-state index < -0.39 is 15.7 Å². The number of carbonyl (C=O) groups is 1. The van der Waals surface area contributed by atoms with Crippen LogP contribution in [0.15, 0.2) is 77.7 Å². The lowest BCUT2D eigenvalue weighted by Crippen LogP contribution is -2.24. The van der Waals surface area contributed by atoms with Gasteiger partial charge in [-0.25, -0.2) is 8.42 Å². The minimum atomic E-state index is -3.25. The molecular weight excluding hydrogens is 414 g/mol. The third kappa shape index (κ3) is 5.70. The van der Waals surface area contributed by atoms with Crippen LogP contribution in [-0.2, 0) is 21.2 Å². The average molecular weight is 438 g/mol. The topological polar surface area (TPSA) is 108 Å². The normalized spacial score (nSPS) is 10.9. The molecule has 0 heterocycles. The van der Waals surface area contributed by atoms with Crippen molar-refractivity contribution < 1.29 is 17.9 Å². The summed E-state index contributed by atoms with van der Waals surface area (Å²) < 4.78 is 28.3. The third-order valence-corrected chi connectivity index (χ3v) is 5.71. The first kappa shape index (κ1) is 22.0. The summed E-state index contributed by atoms with van der Waals surface area (Å²) in [5.41, 5.74) is 2.30. The molecule has 1 amide bonds. The number of hydrogen-bond acceptors (Lipinski definition) is 6. The van der Waals surface area contributed by atoms with E-state index in [2.05, 4.69) is 10.6 Å². The first-order valence-corrected chi connectivity index (χ1v) is 11.3. The fraction of sp³-hybridized carbons (Fsp3) is 0.130. The van der Waals surface area contributed by atoms with Crippen LogP contribution in [0, 0.1) is 5.41 Å². The average Bonchev–Trinajstić information content (AvgIpc) is 2.77. The molecule has 3 rings (SSSR count). The van der Waals surface area contributed by atoms with Gasteiger partial charge in [0.05, 0.1) is 12.0 Å². The van der Waals surface area contributed by atoms with E-state index in [0.717, 1.165) is 5.56 Å². The molecule has 31 heavy (non-hydrogen) atoms. The number of amides is 1. The summed E-state index contributed by atoms with van der Waals surface area (Å²) in [6.45, 7) is 0.409. The van der Waals surface area contributed by atoms with Gasteiger partial charge in [0, 0.05) is 35.8 Å². The van der Waals surface area contributed by atoms with Crippen LogP contribution >= 0.6 is 0 Å². The van der Waals surface area contributed by atoms with Crippen LogP contribution in [0.25, 0.3) is 0 Å². The van der Waals surface area contributed by atoms with Crippen molar-refractivity contribution in [2.45, 2.75) is 11.4 Å². The predicted molar refractivity (Wildman–Crippen MR) is 122 cm³/mol. The lowest BCUT2D eigenvalue weighted by Gasteiger charge is -2.13. The Morgan fingerprint density at radius 3 is 2.39 bits per heavy atom. The maximum absolute atomic E-state index is 12.6. The molecule has 0 fully saturated rings. The second-order valence-electron chi connectivity index (χ2n) is 6.88. The lowest BCUT2D eigenvalue weighted by atomic mass is 10.1. The summed E-state index contributed by atoms with van der Waals surface area (Å²) in [5, 5.41) is 14.3. The van der Waals surface area contributed by atoms with Crippen molar-refractivity contribution in [2.24, 2.45) is 0 Å². The predicted octanol–water partition coefficient (Wildman–Crippen LogP) is 3.72. The first-order valence-electron chi connectivity index (χ1n) is 9.44.